The third-order valence-electron chi connectivity index (χ3n) is 5.93. The smallest absolute Gasteiger partial charge is 0.242 e. The first-order chi connectivity index (χ1) is 15.2. The lowest BCUT2D eigenvalue weighted by Gasteiger charge is -2.36. The number of amides is 2. The number of carbonyl (C=O) groups excluding carboxylic acids is 2. The van der Waals surface area contributed by atoms with Gasteiger partial charge in [0.2, 0.25) is 11.8 Å². The summed E-state index contributed by atoms with van der Waals surface area (Å²) in [5, 5.41) is 6.07. The molecule has 2 N–H and O–H groups in total. The summed E-state index contributed by atoms with van der Waals surface area (Å²) < 4.78 is 0. The number of nitrogens with zero attached hydrogens (tertiary/aromatic N) is 1. The molecule has 0 aromatic heterocycles. The monoisotopic (exact) mass is 421 g/mol. The Balaban J connectivity index is 1.52. The maximum atomic E-state index is 12.9. The number of nitrogens with one attached hydrogen (secondary N) is 2. The molecule has 1 aliphatic rings. The number of carbonyl (C=O) groups is 2. The highest BCUT2D eigenvalue weighted by Crippen LogP contribution is 2.19. The molecular weight excluding hydrogens is 386 g/mol. The Kier molecular flexibility index (Phi) is 9.10. The van der Waals surface area contributed by atoms with Crippen LogP contribution in [0.2, 0.25) is 0 Å². The average molecular weight is 422 g/mol. The summed E-state index contributed by atoms with van der Waals surface area (Å²) >= 11 is 0. The Hall–Kier alpha value is -2.66. The fourth-order valence-electron chi connectivity index (χ4n) is 4.24. The summed E-state index contributed by atoms with van der Waals surface area (Å²) in [4.78, 5) is 27.8. The van der Waals surface area contributed by atoms with Gasteiger partial charge in [-0.3, -0.25) is 14.5 Å². The maximum absolute atomic E-state index is 12.9. The van der Waals surface area contributed by atoms with Crippen LogP contribution in [-0.4, -0.2) is 41.9 Å². The van der Waals surface area contributed by atoms with Crippen LogP contribution >= 0.6 is 0 Å². The quantitative estimate of drug-likeness (QED) is 0.615. The van der Waals surface area contributed by atoms with Gasteiger partial charge in [-0.25, -0.2) is 0 Å². The van der Waals surface area contributed by atoms with Crippen LogP contribution in [-0.2, 0) is 22.6 Å². The minimum atomic E-state index is -0.479. The molecule has 0 spiro atoms. The number of rotatable bonds is 10. The van der Waals surface area contributed by atoms with E-state index in [1.165, 1.54) is 18.4 Å². The van der Waals surface area contributed by atoms with Gasteiger partial charge in [0.1, 0.15) is 6.04 Å². The van der Waals surface area contributed by atoms with Crippen molar-refractivity contribution in [1.82, 2.24) is 15.5 Å². The number of benzene rings is 2. The molecule has 2 amide bonds. The van der Waals surface area contributed by atoms with E-state index in [2.05, 4.69) is 39.8 Å². The van der Waals surface area contributed by atoms with Gasteiger partial charge in [0.15, 0.2) is 0 Å². The van der Waals surface area contributed by atoms with Crippen molar-refractivity contribution >= 4 is 11.8 Å². The van der Waals surface area contributed by atoms with Crippen molar-refractivity contribution in [3.63, 3.8) is 0 Å². The Morgan fingerprint density at radius 2 is 1.68 bits per heavy atom. The molecule has 0 radical (unpaired) electrons. The van der Waals surface area contributed by atoms with Crippen molar-refractivity contribution in [3.05, 3.63) is 71.8 Å². The second kappa shape index (κ2) is 12.3. The van der Waals surface area contributed by atoms with Crippen LogP contribution in [0, 0.1) is 0 Å². The zero-order chi connectivity index (χ0) is 21.9. The minimum Gasteiger partial charge on any atom is -0.353 e. The molecular formula is C26H35N3O2. The van der Waals surface area contributed by atoms with Crippen molar-refractivity contribution in [2.24, 2.45) is 0 Å². The SMILES string of the molecule is CCCC(NC(=O)Cc1ccccc1)C(=O)NCC1CCCCN1Cc1ccccc1. The molecule has 0 saturated carbocycles. The summed E-state index contributed by atoms with van der Waals surface area (Å²) in [7, 11) is 0. The molecule has 0 bridgehead atoms. The molecule has 166 valence electrons. The zero-order valence-electron chi connectivity index (χ0n) is 18.6. The molecule has 1 heterocycles. The van der Waals surface area contributed by atoms with Crippen molar-refractivity contribution in [3.8, 4) is 0 Å². The normalized spacial score (nSPS) is 17.6. The molecule has 1 saturated heterocycles. The van der Waals surface area contributed by atoms with Crippen LogP contribution in [0.5, 0.6) is 0 Å². The van der Waals surface area contributed by atoms with Crippen molar-refractivity contribution in [1.29, 1.82) is 0 Å². The van der Waals surface area contributed by atoms with Crippen molar-refractivity contribution < 1.29 is 9.59 Å². The number of piperidine rings is 1. The topological polar surface area (TPSA) is 61.4 Å². The molecule has 0 aliphatic carbocycles. The molecule has 5 heteroatoms. The van der Waals surface area contributed by atoms with Gasteiger partial charge < -0.3 is 10.6 Å². The second-order valence-electron chi connectivity index (χ2n) is 8.42. The molecule has 31 heavy (non-hydrogen) atoms. The Bertz CT molecular complexity index is 810. The first kappa shape index (κ1) is 23.0. The first-order valence-corrected chi connectivity index (χ1v) is 11.5. The van der Waals surface area contributed by atoms with E-state index in [9.17, 15) is 9.59 Å². The van der Waals surface area contributed by atoms with Crippen LogP contribution in [0.4, 0.5) is 0 Å². The average Bonchev–Trinajstić information content (AvgIpc) is 2.79. The van der Waals surface area contributed by atoms with Gasteiger partial charge in [-0.05, 0) is 36.9 Å². The van der Waals surface area contributed by atoms with Crippen LogP contribution < -0.4 is 10.6 Å². The van der Waals surface area contributed by atoms with Crippen LogP contribution in [0.1, 0.15) is 50.2 Å². The molecule has 5 nitrogen and oxygen atoms in total. The summed E-state index contributed by atoms with van der Waals surface area (Å²) in [6.07, 6.45) is 5.26. The van der Waals surface area contributed by atoms with E-state index in [1.807, 2.05) is 43.3 Å². The lowest BCUT2D eigenvalue weighted by molar-refractivity contribution is -0.129. The van der Waals surface area contributed by atoms with Gasteiger partial charge in [0.05, 0.1) is 6.42 Å². The Labute approximate surface area is 186 Å². The molecule has 2 atom stereocenters. The molecule has 2 unspecified atom stereocenters. The molecule has 2 aromatic carbocycles. The Morgan fingerprint density at radius 1 is 1.00 bits per heavy atom. The van der Waals surface area contributed by atoms with Gasteiger partial charge in [-0.2, -0.15) is 0 Å². The molecule has 3 rings (SSSR count). The number of hydrogen-bond donors (Lipinski definition) is 2. The van der Waals surface area contributed by atoms with Crippen molar-refractivity contribution in [2.45, 2.75) is 64.1 Å². The minimum absolute atomic E-state index is 0.0755. The van der Waals surface area contributed by atoms with Gasteiger partial charge in [0, 0.05) is 19.1 Å². The van der Waals surface area contributed by atoms with Crippen LogP contribution in [0.25, 0.3) is 0 Å². The molecule has 2 aromatic rings. The summed E-state index contributed by atoms with van der Waals surface area (Å²) in [6, 6.07) is 20.0. The highest BCUT2D eigenvalue weighted by Gasteiger charge is 2.25. The van der Waals surface area contributed by atoms with Gasteiger partial charge in [-0.1, -0.05) is 80.4 Å². The van der Waals surface area contributed by atoms with Gasteiger partial charge in [0.25, 0.3) is 0 Å². The largest absolute Gasteiger partial charge is 0.353 e. The number of likely N-dealkylation sites (tertiary alicyclic amines) is 1. The maximum Gasteiger partial charge on any atom is 0.242 e. The summed E-state index contributed by atoms with van der Waals surface area (Å²) in [6.45, 7) is 4.63. The summed E-state index contributed by atoms with van der Waals surface area (Å²) in [5.74, 6) is -0.184. The lowest BCUT2D eigenvalue weighted by atomic mass is 10.0. The summed E-state index contributed by atoms with van der Waals surface area (Å²) in [5.41, 5.74) is 2.26. The third-order valence-corrected chi connectivity index (χ3v) is 5.93. The van der Waals surface area contributed by atoms with E-state index in [0.29, 0.717) is 25.4 Å². The first-order valence-electron chi connectivity index (χ1n) is 11.5. The predicted molar refractivity (Wildman–Crippen MR) is 124 cm³/mol. The molecule has 1 aliphatic heterocycles. The van der Waals surface area contributed by atoms with E-state index < -0.39 is 6.04 Å². The van der Waals surface area contributed by atoms with E-state index in [-0.39, 0.29) is 11.8 Å². The highest BCUT2D eigenvalue weighted by atomic mass is 16.2. The third kappa shape index (κ3) is 7.51. The second-order valence-corrected chi connectivity index (χ2v) is 8.42. The van der Waals surface area contributed by atoms with Gasteiger partial charge in [-0.15, -0.1) is 0 Å². The number of hydrogen-bond acceptors (Lipinski definition) is 3. The molecule has 1 fully saturated rings. The van der Waals surface area contributed by atoms with Crippen LogP contribution in [0.3, 0.4) is 0 Å². The highest BCUT2D eigenvalue weighted by molar-refractivity contribution is 5.88. The van der Waals surface area contributed by atoms with Crippen LogP contribution in [0.15, 0.2) is 60.7 Å². The zero-order valence-corrected chi connectivity index (χ0v) is 18.6. The fraction of sp³-hybridized carbons (Fsp3) is 0.462. The van der Waals surface area contributed by atoms with E-state index in [0.717, 1.165) is 31.5 Å². The van der Waals surface area contributed by atoms with E-state index >= 15 is 0 Å². The lowest BCUT2D eigenvalue weighted by Crippen LogP contribution is -2.51. The fourth-order valence-corrected chi connectivity index (χ4v) is 4.24. The Morgan fingerprint density at radius 3 is 2.35 bits per heavy atom. The van der Waals surface area contributed by atoms with Crippen molar-refractivity contribution in [2.75, 3.05) is 13.1 Å². The standard InChI is InChI=1S/C26H35N3O2/c1-2-11-24(28-25(30)18-21-12-5-3-6-13-21)26(31)27-19-23-16-9-10-17-29(23)20-22-14-7-4-8-15-22/h3-8,12-15,23-24H,2,9-11,16-20H2,1H3,(H,27,31)(H,28,30). The van der Waals surface area contributed by atoms with E-state index in [1.54, 1.807) is 0 Å². The van der Waals surface area contributed by atoms with E-state index in [4.69, 9.17) is 0 Å². The van der Waals surface area contributed by atoms with Gasteiger partial charge >= 0.3 is 0 Å². The predicted octanol–water partition coefficient (Wildman–Crippen LogP) is 3.68.